The highest BCUT2D eigenvalue weighted by molar-refractivity contribution is 6.03. The van der Waals surface area contributed by atoms with Gasteiger partial charge < -0.3 is 10.1 Å². The summed E-state index contributed by atoms with van der Waals surface area (Å²) in [5.41, 5.74) is 1.91. The lowest BCUT2D eigenvalue weighted by atomic mass is 10.1. The van der Waals surface area contributed by atoms with Gasteiger partial charge in [0.25, 0.3) is 0 Å². The van der Waals surface area contributed by atoms with Crippen molar-refractivity contribution in [3.8, 4) is 0 Å². The van der Waals surface area contributed by atoms with Crippen LogP contribution in [0, 0.1) is 0 Å². The van der Waals surface area contributed by atoms with E-state index in [1.165, 1.54) is 0 Å². The molecular weight excluding hydrogens is 268 g/mol. The van der Waals surface area contributed by atoms with E-state index in [0.717, 1.165) is 17.7 Å². The van der Waals surface area contributed by atoms with Crippen molar-refractivity contribution in [1.82, 2.24) is 5.32 Å². The number of fused-ring (bicyclic) bond motifs is 1. The van der Waals surface area contributed by atoms with Crippen LogP contribution in [0.5, 0.6) is 0 Å². The van der Waals surface area contributed by atoms with Gasteiger partial charge in [0, 0.05) is 38.8 Å². The van der Waals surface area contributed by atoms with E-state index < -0.39 is 6.04 Å². The maximum atomic E-state index is 12.4. The summed E-state index contributed by atoms with van der Waals surface area (Å²) < 4.78 is 4.96. The molecule has 5 nitrogen and oxygen atoms in total. The van der Waals surface area contributed by atoms with Crippen molar-refractivity contribution in [1.29, 1.82) is 0 Å². The van der Waals surface area contributed by atoms with Crippen LogP contribution in [0.1, 0.15) is 25.3 Å². The third kappa shape index (κ3) is 3.42. The van der Waals surface area contributed by atoms with Crippen LogP contribution in [-0.2, 0) is 20.7 Å². The first-order valence-electron chi connectivity index (χ1n) is 7.35. The topological polar surface area (TPSA) is 58.6 Å². The van der Waals surface area contributed by atoms with Gasteiger partial charge in [-0.05, 0) is 18.1 Å². The Bertz CT molecular complexity index is 516. The second-order valence-corrected chi connectivity index (χ2v) is 5.10. The summed E-state index contributed by atoms with van der Waals surface area (Å²) in [5, 5.41) is 2.89. The van der Waals surface area contributed by atoms with Crippen molar-refractivity contribution < 1.29 is 14.3 Å². The summed E-state index contributed by atoms with van der Waals surface area (Å²) in [5.74, 6) is -0.110. The number of methoxy groups -OCH3 is 1. The van der Waals surface area contributed by atoms with E-state index in [1.807, 2.05) is 31.2 Å². The third-order valence-corrected chi connectivity index (χ3v) is 3.67. The number of hydrogen-bond acceptors (Lipinski definition) is 3. The van der Waals surface area contributed by atoms with E-state index in [1.54, 1.807) is 12.0 Å². The van der Waals surface area contributed by atoms with E-state index in [0.29, 0.717) is 26.0 Å². The second kappa shape index (κ2) is 7.22. The van der Waals surface area contributed by atoms with Gasteiger partial charge in [0.2, 0.25) is 11.8 Å². The Balaban J connectivity index is 2.09. The zero-order valence-corrected chi connectivity index (χ0v) is 12.6. The van der Waals surface area contributed by atoms with Gasteiger partial charge in [-0.3, -0.25) is 14.5 Å². The summed E-state index contributed by atoms with van der Waals surface area (Å²) >= 11 is 0. The molecule has 0 bridgehead atoms. The molecule has 1 N–H and O–H groups in total. The minimum atomic E-state index is -0.433. The quantitative estimate of drug-likeness (QED) is 0.808. The molecule has 1 unspecified atom stereocenters. The van der Waals surface area contributed by atoms with E-state index in [2.05, 4.69) is 5.32 Å². The normalized spacial score (nSPS) is 16.7. The van der Waals surface area contributed by atoms with E-state index >= 15 is 0 Å². The molecule has 5 heteroatoms. The minimum absolute atomic E-state index is 0.0167. The largest absolute Gasteiger partial charge is 0.385 e. The van der Waals surface area contributed by atoms with E-state index in [4.69, 9.17) is 4.74 Å². The molecule has 0 aromatic heterocycles. The highest BCUT2D eigenvalue weighted by Gasteiger charge is 2.37. The molecule has 0 spiro atoms. The fraction of sp³-hybridized carbons (Fsp3) is 0.500. The summed E-state index contributed by atoms with van der Waals surface area (Å²) in [6.45, 7) is 2.99. The van der Waals surface area contributed by atoms with Crippen molar-refractivity contribution in [2.24, 2.45) is 0 Å². The molecule has 0 fully saturated rings. The van der Waals surface area contributed by atoms with Gasteiger partial charge in [0.1, 0.15) is 6.04 Å². The van der Waals surface area contributed by atoms with Gasteiger partial charge in [-0.15, -0.1) is 0 Å². The van der Waals surface area contributed by atoms with Crippen LogP contribution in [0.4, 0.5) is 5.69 Å². The summed E-state index contributed by atoms with van der Waals surface area (Å²) in [4.78, 5) is 26.2. The Hall–Kier alpha value is -1.88. The van der Waals surface area contributed by atoms with Crippen LogP contribution < -0.4 is 10.2 Å². The molecular formula is C16H22N2O3. The molecule has 1 aromatic carbocycles. The Labute approximate surface area is 125 Å². The molecule has 1 aliphatic rings. The lowest BCUT2D eigenvalue weighted by Crippen LogP contribution is -2.48. The van der Waals surface area contributed by atoms with Gasteiger partial charge >= 0.3 is 0 Å². The molecule has 0 saturated heterocycles. The van der Waals surface area contributed by atoms with Crippen molar-refractivity contribution in [3.05, 3.63) is 29.8 Å². The molecule has 1 heterocycles. The van der Waals surface area contributed by atoms with Gasteiger partial charge in [0.05, 0.1) is 0 Å². The number of ether oxygens (including phenoxy) is 1. The second-order valence-electron chi connectivity index (χ2n) is 5.10. The molecule has 1 aliphatic heterocycles. The van der Waals surface area contributed by atoms with Gasteiger partial charge in [0.15, 0.2) is 0 Å². The predicted molar refractivity (Wildman–Crippen MR) is 81.2 cm³/mol. The van der Waals surface area contributed by atoms with Gasteiger partial charge in [-0.25, -0.2) is 0 Å². The van der Waals surface area contributed by atoms with Crippen LogP contribution in [0.15, 0.2) is 24.3 Å². The summed E-state index contributed by atoms with van der Waals surface area (Å²) in [6, 6.07) is 7.28. The number of anilines is 1. The molecule has 2 rings (SSSR count). The highest BCUT2D eigenvalue weighted by atomic mass is 16.5. The third-order valence-electron chi connectivity index (χ3n) is 3.67. The zero-order valence-electron chi connectivity index (χ0n) is 12.6. The SMILES string of the molecule is CCC(=O)N1c2ccccc2CC1C(=O)NCCCOC. The fourth-order valence-electron chi connectivity index (χ4n) is 2.62. The Morgan fingerprint density at radius 3 is 2.86 bits per heavy atom. The molecule has 0 radical (unpaired) electrons. The van der Waals surface area contributed by atoms with E-state index in [-0.39, 0.29) is 11.8 Å². The average Bonchev–Trinajstić information content (AvgIpc) is 2.90. The monoisotopic (exact) mass is 290 g/mol. The van der Waals surface area contributed by atoms with Crippen molar-refractivity contribution in [2.45, 2.75) is 32.2 Å². The molecule has 0 saturated carbocycles. The van der Waals surface area contributed by atoms with Crippen LogP contribution in [0.2, 0.25) is 0 Å². The van der Waals surface area contributed by atoms with Crippen molar-refractivity contribution >= 4 is 17.5 Å². The van der Waals surface area contributed by atoms with Crippen LogP contribution in [0.25, 0.3) is 0 Å². The summed E-state index contributed by atoms with van der Waals surface area (Å²) in [7, 11) is 1.64. The number of para-hydroxylation sites is 1. The number of carbonyl (C=O) groups is 2. The highest BCUT2D eigenvalue weighted by Crippen LogP contribution is 2.32. The standard InChI is InChI=1S/C16H22N2O3/c1-3-15(19)18-13-8-5-4-7-12(13)11-14(18)16(20)17-9-6-10-21-2/h4-5,7-8,14H,3,6,9-11H2,1-2H3,(H,17,20). The average molecular weight is 290 g/mol. The Kier molecular flexibility index (Phi) is 5.33. The number of amides is 2. The van der Waals surface area contributed by atoms with Crippen LogP contribution >= 0.6 is 0 Å². The smallest absolute Gasteiger partial charge is 0.243 e. The molecule has 0 aliphatic carbocycles. The van der Waals surface area contributed by atoms with Gasteiger partial charge in [-0.1, -0.05) is 25.1 Å². The molecule has 1 atom stereocenters. The number of nitrogens with zero attached hydrogens (tertiary/aromatic N) is 1. The predicted octanol–water partition coefficient (Wildman–Crippen LogP) is 1.51. The van der Waals surface area contributed by atoms with E-state index in [9.17, 15) is 9.59 Å². The number of benzene rings is 1. The summed E-state index contributed by atoms with van der Waals surface area (Å²) in [6.07, 6.45) is 1.74. The lowest BCUT2D eigenvalue weighted by Gasteiger charge is -2.24. The lowest BCUT2D eigenvalue weighted by molar-refractivity contribution is -0.126. The maximum Gasteiger partial charge on any atom is 0.243 e. The Morgan fingerprint density at radius 2 is 2.14 bits per heavy atom. The number of rotatable bonds is 6. The maximum absolute atomic E-state index is 12.4. The number of hydrogen-bond donors (Lipinski definition) is 1. The first kappa shape index (κ1) is 15.5. The van der Waals surface area contributed by atoms with Crippen LogP contribution in [0.3, 0.4) is 0 Å². The van der Waals surface area contributed by atoms with Gasteiger partial charge in [-0.2, -0.15) is 0 Å². The fourth-order valence-corrected chi connectivity index (χ4v) is 2.62. The number of carbonyl (C=O) groups excluding carboxylic acids is 2. The van der Waals surface area contributed by atoms with Crippen LogP contribution in [-0.4, -0.2) is 38.1 Å². The Morgan fingerprint density at radius 1 is 1.38 bits per heavy atom. The molecule has 1 aromatic rings. The number of nitrogens with one attached hydrogen (secondary N) is 1. The first-order valence-corrected chi connectivity index (χ1v) is 7.35. The zero-order chi connectivity index (χ0) is 15.2. The first-order chi connectivity index (χ1) is 10.2. The molecule has 21 heavy (non-hydrogen) atoms. The minimum Gasteiger partial charge on any atom is -0.385 e. The molecule has 114 valence electrons. The molecule has 2 amide bonds. The van der Waals surface area contributed by atoms with Crippen molar-refractivity contribution in [2.75, 3.05) is 25.2 Å². The van der Waals surface area contributed by atoms with Crippen molar-refractivity contribution in [3.63, 3.8) is 0 Å².